The van der Waals surface area contributed by atoms with Crippen molar-refractivity contribution in [3.8, 4) is 5.75 Å². The number of hydrogen-bond acceptors (Lipinski definition) is 3. The fourth-order valence-electron chi connectivity index (χ4n) is 1.79. The monoisotopic (exact) mass is 242 g/mol. The van der Waals surface area contributed by atoms with E-state index < -0.39 is 0 Å². The van der Waals surface area contributed by atoms with Gasteiger partial charge in [0, 0.05) is 12.2 Å². The van der Waals surface area contributed by atoms with E-state index in [0.29, 0.717) is 6.54 Å². The summed E-state index contributed by atoms with van der Waals surface area (Å²) in [4.78, 5) is 0. The number of rotatable bonds is 4. The van der Waals surface area contributed by atoms with E-state index in [9.17, 15) is 0 Å². The smallest absolute Gasteiger partial charge is 0.136 e. The second-order valence-corrected chi connectivity index (χ2v) is 4.33. The van der Waals surface area contributed by atoms with Gasteiger partial charge in [-0.25, -0.2) is 0 Å². The first-order valence-corrected chi connectivity index (χ1v) is 5.98. The minimum Gasteiger partial charge on any atom is -0.484 e. The van der Waals surface area contributed by atoms with Gasteiger partial charge in [-0.3, -0.25) is 0 Å². The third-order valence-electron chi connectivity index (χ3n) is 2.80. The number of aryl methyl sites for hydroxylation is 1. The zero-order chi connectivity index (χ0) is 13.0. The molecule has 18 heavy (non-hydrogen) atoms. The average molecular weight is 242 g/mol. The summed E-state index contributed by atoms with van der Waals surface area (Å²) >= 11 is 0. The molecule has 0 aliphatic rings. The maximum Gasteiger partial charge on any atom is 0.136 e. The fourth-order valence-corrected chi connectivity index (χ4v) is 1.79. The highest BCUT2D eigenvalue weighted by molar-refractivity contribution is 5.41. The highest BCUT2D eigenvalue weighted by atomic mass is 16.5. The largest absolute Gasteiger partial charge is 0.484 e. The number of nitrogens with two attached hydrogens (primary N) is 2. The number of hydrogen-bond donors (Lipinski definition) is 2. The summed E-state index contributed by atoms with van der Waals surface area (Å²) in [6, 6.07) is 15.6. The van der Waals surface area contributed by atoms with E-state index in [4.69, 9.17) is 16.2 Å². The molecular formula is C15H18N2O. The summed E-state index contributed by atoms with van der Waals surface area (Å²) in [5, 5.41) is 0. The van der Waals surface area contributed by atoms with Gasteiger partial charge in [-0.2, -0.15) is 0 Å². The van der Waals surface area contributed by atoms with Crippen molar-refractivity contribution in [2.45, 2.75) is 13.0 Å². The Labute approximate surface area is 107 Å². The Bertz CT molecular complexity index is 508. The van der Waals surface area contributed by atoms with Crippen molar-refractivity contribution in [2.75, 3.05) is 12.3 Å². The molecule has 0 spiro atoms. The summed E-state index contributed by atoms with van der Waals surface area (Å²) in [6.07, 6.45) is -0.170. The summed E-state index contributed by atoms with van der Waals surface area (Å²) in [5.41, 5.74) is 14.5. The first-order chi connectivity index (χ1) is 8.69. The minimum atomic E-state index is -0.170. The van der Waals surface area contributed by atoms with Crippen molar-refractivity contribution in [3.05, 3.63) is 59.7 Å². The molecule has 0 fully saturated rings. The Hall–Kier alpha value is -2.00. The van der Waals surface area contributed by atoms with E-state index in [-0.39, 0.29) is 6.10 Å². The fraction of sp³-hybridized carbons (Fsp3) is 0.200. The van der Waals surface area contributed by atoms with Crippen molar-refractivity contribution in [1.82, 2.24) is 0 Å². The summed E-state index contributed by atoms with van der Waals surface area (Å²) in [5.74, 6) is 0.818. The van der Waals surface area contributed by atoms with Gasteiger partial charge in [0.1, 0.15) is 11.9 Å². The molecule has 4 N–H and O–H groups in total. The Morgan fingerprint density at radius 1 is 1.11 bits per heavy atom. The minimum absolute atomic E-state index is 0.170. The topological polar surface area (TPSA) is 61.3 Å². The number of ether oxygens (including phenoxy) is 1. The van der Waals surface area contributed by atoms with Crippen LogP contribution < -0.4 is 16.2 Å². The zero-order valence-corrected chi connectivity index (χ0v) is 10.5. The van der Waals surface area contributed by atoms with Gasteiger partial charge in [-0.05, 0) is 36.8 Å². The van der Waals surface area contributed by atoms with Crippen molar-refractivity contribution < 1.29 is 4.74 Å². The summed E-state index contributed by atoms with van der Waals surface area (Å²) in [6.45, 7) is 2.46. The van der Waals surface area contributed by atoms with Gasteiger partial charge >= 0.3 is 0 Å². The van der Waals surface area contributed by atoms with Gasteiger partial charge in [-0.1, -0.05) is 29.8 Å². The van der Waals surface area contributed by atoms with Gasteiger partial charge in [0.2, 0.25) is 0 Å². The second-order valence-electron chi connectivity index (χ2n) is 4.33. The Kier molecular flexibility index (Phi) is 3.85. The van der Waals surface area contributed by atoms with Gasteiger partial charge < -0.3 is 16.2 Å². The third-order valence-corrected chi connectivity index (χ3v) is 2.80. The van der Waals surface area contributed by atoms with Gasteiger partial charge in [0.25, 0.3) is 0 Å². The maximum absolute atomic E-state index is 5.88. The molecule has 0 aromatic heterocycles. The van der Waals surface area contributed by atoms with Crippen molar-refractivity contribution in [1.29, 1.82) is 0 Å². The third kappa shape index (κ3) is 3.02. The molecule has 1 unspecified atom stereocenters. The maximum atomic E-state index is 5.88. The van der Waals surface area contributed by atoms with Gasteiger partial charge in [0.05, 0.1) is 0 Å². The van der Waals surface area contributed by atoms with Crippen LogP contribution in [0.15, 0.2) is 48.5 Å². The van der Waals surface area contributed by atoms with Gasteiger partial charge in [0.15, 0.2) is 0 Å². The van der Waals surface area contributed by atoms with Crippen LogP contribution in [0.2, 0.25) is 0 Å². The SMILES string of the molecule is Cc1ccc(OC(CN)c2cccc(N)c2)cc1. The lowest BCUT2D eigenvalue weighted by atomic mass is 10.1. The number of anilines is 1. The highest BCUT2D eigenvalue weighted by Crippen LogP contribution is 2.22. The van der Waals surface area contributed by atoms with Crippen LogP contribution in [0.4, 0.5) is 5.69 Å². The molecule has 0 bridgehead atoms. The first-order valence-electron chi connectivity index (χ1n) is 5.98. The molecule has 0 saturated carbocycles. The van der Waals surface area contributed by atoms with Crippen molar-refractivity contribution in [3.63, 3.8) is 0 Å². The second kappa shape index (κ2) is 5.56. The van der Waals surface area contributed by atoms with E-state index in [1.165, 1.54) is 5.56 Å². The summed E-state index contributed by atoms with van der Waals surface area (Å²) in [7, 11) is 0. The van der Waals surface area contributed by atoms with Crippen LogP contribution in [0.5, 0.6) is 5.75 Å². The van der Waals surface area contributed by atoms with E-state index in [1.54, 1.807) is 0 Å². The molecule has 0 saturated heterocycles. The first kappa shape index (κ1) is 12.5. The summed E-state index contributed by atoms with van der Waals surface area (Å²) < 4.78 is 5.88. The van der Waals surface area contributed by atoms with E-state index in [2.05, 4.69) is 0 Å². The van der Waals surface area contributed by atoms with Crippen molar-refractivity contribution >= 4 is 5.69 Å². The molecule has 0 amide bonds. The molecule has 1 atom stereocenters. The van der Waals surface area contributed by atoms with E-state index in [1.807, 2.05) is 55.5 Å². The quantitative estimate of drug-likeness (QED) is 0.810. The van der Waals surface area contributed by atoms with Crippen LogP contribution in [0, 0.1) is 6.92 Å². The molecular weight excluding hydrogens is 224 g/mol. The molecule has 94 valence electrons. The standard InChI is InChI=1S/C15H18N2O/c1-11-5-7-14(8-6-11)18-15(10-16)12-3-2-4-13(17)9-12/h2-9,15H,10,16-17H2,1H3. The highest BCUT2D eigenvalue weighted by Gasteiger charge is 2.11. The van der Waals surface area contributed by atoms with Crippen molar-refractivity contribution in [2.24, 2.45) is 5.73 Å². The number of nitrogen functional groups attached to an aromatic ring is 1. The molecule has 2 aromatic carbocycles. The molecule has 3 nitrogen and oxygen atoms in total. The lowest BCUT2D eigenvalue weighted by Crippen LogP contribution is -2.18. The molecule has 2 rings (SSSR count). The van der Waals surface area contributed by atoms with E-state index in [0.717, 1.165) is 17.0 Å². The van der Waals surface area contributed by atoms with Crippen LogP contribution in [-0.4, -0.2) is 6.54 Å². The normalized spacial score (nSPS) is 12.1. The molecule has 0 radical (unpaired) electrons. The molecule has 0 heterocycles. The molecule has 3 heteroatoms. The predicted molar refractivity (Wildman–Crippen MR) is 74.5 cm³/mol. The van der Waals surface area contributed by atoms with Crippen LogP contribution in [-0.2, 0) is 0 Å². The predicted octanol–water partition coefficient (Wildman–Crippen LogP) is 2.66. The number of benzene rings is 2. The van der Waals surface area contributed by atoms with Crippen LogP contribution in [0.25, 0.3) is 0 Å². The molecule has 0 aliphatic heterocycles. The van der Waals surface area contributed by atoms with Crippen LogP contribution in [0.1, 0.15) is 17.2 Å². The average Bonchev–Trinajstić information content (AvgIpc) is 2.38. The molecule has 2 aromatic rings. The lowest BCUT2D eigenvalue weighted by molar-refractivity contribution is 0.214. The van der Waals surface area contributed by atoms with Crippen LogP contribution >= 0.6 is 0 Å². The van der Waals surface area contributed by atoms with Crippen LogP contribution in [0.3, 0.4) is 0 Å². The zero-order valence-electron chi connectivity index (χ0n) is 10.5. The molecule has 0 aliphatic carbocycles. The Morgan fingerprint density at radius 3 is 2.44 bits per heavy atom. The lowest BCUT2D eigenvalue weighted by Gasteiger charge is -2.18. The Morgan fingerprint density at radius 2 is 1.83 bits per heavy atom. The van der Waals surface area contributed by atoms with E-state index >= 15 is 0 Å². The van der Waals surface area contributed by atoms with Gasteiger partial charge in [-0.15, -0.1) is 0 Å². The Balaban J connectivity index is 2.17.